The Kier molecular flexibility index (Phi) is 5.46. The summed E-state index contributed by atoms with van der Waals surface area (Å²) >= 11 is 3.46. The van der Waals surface area contributed by atoms with Crippen LogP contribution in [0.3, 0.4) is 0 Å². The van der Waals surface area contributed by atoms with Crippen LogP contribution in [0.4, 0.5) is 0 Å². The number of rotatable bonds is 6. The second-order valence-electron chi connectivity index (χ2n) is 6.37. The molecule has 0 radical (unpaired) electrons. The lowest BCUT2D eigenvalue weighted by atomic mass is 9.97. The minimum Gasteiger partial charge on any atom is -0.376 e. The molecule has 0 aliphatic carbocycles. The average Bonchev–Trinajstić information content (AvgIpc) is 3.37. The molecule has 0 bridgehead atoms. The van der Waals surface area contributed by atoms with Crippen molar-refractivity contribution in [2.75, 3.05) is 19.7 Å². The van der Waals surface area contributed by atoms with Gasteiger partial charge in [0.1, 0.15) is 5.82 Å². The second kappa shape index (κ2) is 7.95. The lowest BCUT2D eigenvalue weighted by molar-refractivity contribution is 0.0936. The van der Waals surface area contributed by atoms with E-state index >= 15 is 0 Å². The van der Waals surface area contributed by atoms with Crippen molar-refractivity contribution in [3.63, 3.8) is 0 Å². The highest BCUT2D eigenvalue weighted by atomic mass is 32.2. The van der Waals surface area contributed by atoms with Crippen molar-refractivity contribution < 1.29 is 4.74 Å². The molecule has 8 heteroatoms. The van der Waals surface area contributed by atoms with Gasteiger partial charge in [0.25, 0.3) is 0 Å². The van der Waals surface area contributed by atoms with Crippen molar-refractivity contribution >= 4 is 23.1 Å². The number of thioether (sulfide) groups is 1. The number of ether oxygens (including phenoxy) is 1. The van der Waals surface area contributed by atoms with Crippen LogP contribution in [0.15, 0.2) is 16.9 Å². The highest BCUT2D eigenvalue weighted by Crippen LogP contribution is 2.30. The van der Waals surface area contributed by atoms with Crippen LogP contribution in [0.5, 0.6) is 0 Å². The third-order valence-electron chi connectivity index (χ3n) is 4.69. The van der Waals surface area contributed by atoms with E-state index in [-0.39, 0.29) is 0 Å². The van der Waals surface area contributed by atoms with Gasteiger partial charge in [-0.3, -0.25) is 4.98 Å². The molecule has 0 saturated carbocycles. The second-order valence-corrected chi connectivity index (χ2v) is 8.28. The van der Waals surface area contributed by atoms with Crippen molar-refractivity contribution in [3.05, 3.63) is 22.4 Å². The number of thiazole rings is 1. The van der Waals surface area contributed by atoms with Crippen LogP contribution in [0, 0.1) is 0 Å². The molecule has 6 nitrogen and oxygen atoms in total. The van der Waals surface area contributed by atoms with Crippen LogP contribution < -0.4 is 5.32 Å². The summed E-state index contributed by atoms with van der Waals surface area (Å²) in [5.74, 6) is 2.57. The van der Waals surface area contributed by atoms with Gasteiger partial charge in [-0.1, -0.05) is 11.8 Å². The Labute approximate surface area is 150 Å². The number of piperidine rings is 1. The van der Waals surface area contributed by atoms with Crippen LogP contribution in [-0.4, -0.2) is 45.5 Å². The fourth-order valence-electron chi connectivity index (χ4n) is 3.40. The topological polar surface area (TPSA) is 64.9 Å². The number of hydrogen-bond acceptors (Lipinski definition) is 7. The molecule has 4 heterocycles. The maximum atomic E-state index is 5.87. The van der Waals surface area contributed by atoms with Crippen molar-refractivity contribution in [1.29, 1.82) is 0 Å². The van der Waals surface area contributed by atoms with Crippen molar-refractivity contribution in [1.82, 2.24) is 25.1 Å². The lowest BCUT2D eigenvalue weighted by Gasteiger charge is -2.23. The molecule has 4 rings (SSSR count). The first-order valence-corrected chi connectivity index (χ1v) is 10.5. The molecule has 2 saturated heterocycles. The molecule has 24 heavy (non-hydrogen) atoms. The predicted molar refractivity (Wildman–Crippen MR) is 95.5 cm³/mol. The van der Waals surface area contributed by atoms with E-state index in [4.69, 9.17) is 4.74 Å². The predicted octanol–water partition coefficient (Wildman–Crippen LogP) is 2.67. The minimum atomic E-state index is 0.309. The van der Waals surface area contributed by atoms with Crippen LogP contribution in [0.2, 0.25) is 0 Å². The molecule has 0 unspecified atom stereocenters. The molecule has 2 aliphatic rings. The van der Waals surface area contributed by atoms with E-state index in [2.05, 4.69) is 25.1 Å². The SMILES string of the molecule is c1ncc(CSc2nnc(C3CCNCC3)n2C[C@@H]2CCCO2)s1. The van der Waals surface area contributed by atoms with Gasteiger partial charge in [0.05, 0.1) is 18.2 Å². The Bertz CT molecular complexity index is 633. The average molecular weight is 366 g/mol. The molecular weight excluding hydrogens is 342 g/mol. The molecular formula is C16H23N5OS2. The number of nitrogens with zero attached hydrogens (tertiary/aromatic N) is 4. The zero-order valence-electron chi connectivity index (χ0n) is 13.7. The van der Waals surface area contributed by atoms with Crippen molar-refractivity contribution in [2.24, 2.45) is 0 Å². The van der Waals surface area contributed by atoms with Gasteiger partial charge in [0, 0.05) is 29.4 Å². The Hall–Kier alpha value is -0.960. The highest BCUT2D eigenvalue weighted by Gasteiger charge is 2.26. The van der Waals surface area contributed by atoms with Gasteiger partial charge in [-0.2, -0.15) is 0 Å². The first kappa shape index (κ1) is 16.5. The molecule has 2 fully saturated rings. The van der Waals surface area contributed by atoms with Gasteiger partial charge in [-0.05, 0) is 38.8 Å². The van der Waals surface area contributed by atoms with Crippen LogP contribution in [-0.2, 0) is 17.0 Å². The highest BCUT2D eigenvalue weighted by molar-refractivity contribution is 7.98. The van der Waals surface area contributed by atoms with Crippen LogP contribution in [0.25, 0.3) is 0 Å². The monoisotopic (exact) mass is 365 g/mol. The molecule has 2 aromatic heterocycles. The fourth-order valence-corrected chi connectivity index (χ4v) is 5.00. The first-order valence-electron chi connectivity index (χ1n) is 8.66. The smallest absolute Gasteiger partial charge is 0.191 e. The summed E-state index contributed by atoms with van der Waals surface area (Å²) in [5, 5.41) is 13.6. The fraction of sp³-hybridized carbons (Fsp3) is 0.688. The third kappa shape index (κ3) is 3.82. The maximum Gasteiger partial charge on any atom is 0.191 e. The Morgan fingerprint density at radius 2 is 2.21 bits per heavy atom. The van der Waals surface area contributed by atoms with E-state index in [0.717, 1.165) is 62.2 Å². The summed E-state index contributed by atoms with van der Waals surface area (Å²) in [6.07, 6.45) is 6.84. The van der Waals surface area contributed by atoms with Gasteiger partial charge in [0.2, 0.25) is 0 Å². The molecule has 1 N–H and O–H groups in total. The van der Waals surface area contributed by atoms with E-state index in [1.165, 1.54) is 11.3 Å². The van der Waals surface area contributed by atoms with Gasteiger partial charge in [-0.15, -0.1) is 21.5 Å². The van der Waals surface area contributed by atoms with E-state index in [9.17, 15) is 0 Å². The summed E-state index contributed by atoms with van der Waals surface area (Å²) in [5.41, 5.74) is 1.88. The van der Waals surface area contributed by atoms with Gasteiger partial charge >= 0.3 is 0 Å². The summed E-state index contributed by atoms with van der Waals surface area (Å²) in [6, 6.07) is 0. The number of nitrogens with one attached hydrogen (secondary N) is 1. The maximum absolute atomic E-state index is 5.87. The summed E-state index contributed by atoms with van der Waals surface area (Å²) in [4.78, 5) is 5.43. The largest absolute Gasteiger partial charge is 0.376 e. The first-order chi connectivity index (χ1) is 11.9. The van der Waals surface area contributed by atoms with Crippen LogP contribution in [0.1, 0.15) is 42.3 Å². The summed E-state index contributed by atoms with van der Waals surface area (Å²) in [7, 11) is 0. The standard InChI is InChI=1S/C16H23N5OS2/c1-2-13(22-7-1)9-21-15(12-3-5-17-6-4-12)19-20-16(21)23-10-14-8-18-11-24-14/h8,11-13,17H,1-7,9-10H2/t13-/m0/s1. The van der Waals surface area contributed by atoms with E-state index < -0.39 is 0 Å². The minimum absolute atomic E-state index is 0.309. The summed E-state index contributed by atoms with van der Waals surface area (Å²) < 4.78 is 8.20. The van der Waals surface area contributed by atoms with Crippen molar-refractivity contribution in [3.8, 4) is 0 Å². The molecule has 130 valence electrons. The molecule has 0 spiro atoms. The van der Waals surface area contributed by atoms with E-state index in [0.29, 0.717) is 12.0 Å². The van der Waals surface area contributed by atoms with Crippen LogP contribution >= 0.6 is 23.1 Å². The van der Waals surface area contributed by atoms with Gasteiger partial charge in [0.15, 0.2) is 5.16 Å². The number of aromatic nitrogens is 4. The Morgan fingerprint density at radius 3 is 2.96 bits per heavy atom. The van der Waals surface area contributed by atoms with Gasteiger partial charge < -0.3 is 14.6 Å². The van der Waals surface area contributed by atoms with E-state index in [1.54, 1.807) is 23.1 Å². The van der Waals surface area contributed by atoms with E-state index in [1.807, 2.05) is 11.7 Å². The Morgan fingerprint density at radius 1 is 1.29 bits per heavy atom. The molecule has 2 aromatic rings. The number of hydrogen-bond donors (Lipinski definition) is 1. The molecule has 2 aliphatic heterocycles. The normalized spacial score (nSPS) is 22.2. The van der Waals surface area contributed by atoms with Crippen molar-refractivity contribution in [2.45, 2.75) is 55.2 Å². The third-order valence-corrected chi connectivity index (χ3v) is 6.66. The summed E-state index contributed by atoms with van der Waals surface area (Å²) in [6.45, 7) is 3.91. The lowest BCUT2D eigenvalue weighted by Crippen LogP contribution is -2.29. The Balaban J connectivity index is 1.53. The molecule has 0 aromatic carbocycles. The zero-order valence-corrected chi connectivity index (χ0v) is 15.3. The zero-order chi connectivity index (χ0) is 16.2. The quantitative estimate of drug-likeness (QED) is 0.794. The molecule has 0 amide bonds. The van der Waals surface area contributed by atoms with Gasteiger partial charge in [-0.25, -0.2) is 0 Å². The molecule has 1 atom stereocenters.